The molecule has 1 heterocycles. The molecule has 4 N–H and O–H groups in total. The molecule has 1 saturated heterocycles. The number of ketones is 1. The Balaban J connectivity index is 2.14. The van der Waals surface area contributed by atoms with Crippen LogP contribution in [0.25, 0.3) is 0 Å². The first kappa shape index (κ1) is 19.6. The molecule has 1 aliphatic rings. The van der Waals surface area contributed by atoms with Gasteiger partial charge in [-0.2, -0.15) is 0 Å². The Morgan fingerprint density at radius 1 is 1.16 bits per heavy atom. The summed E-state index contributed by atoms with van der Waals surface area (Å²) in [6.07, 6.45) is -5.83. The molecule has 1 aromatic carbocycles. The van der Waals surface area contributed by atoms with Gasteiger partial charge in [-0.25, -0.2) is 0 Å². The van der Waals surface area contributed by atoms with Crippen molar-refractivity contribution in [1.82, 2.24) is 0 Å². The topological polar surface area (TPSA) is 126 Å². The molecule has 1 unspecified atom stereocenters. The number of aryl methyl sites for hydroxylation is 1. The molecular formula is C17H24O8. The van der Waals surface area contributed by atoms with Crippen LogP contribution in [-0.2, 0) is 16.0 Å². The van der Waals surface area contributed by atoms with E-state index in [1.54, 1.807) is 18.2 Å². The van der Waals surface area contributed by atoms with E-state index in [9.17, 15) is 25.2 Å². The van der Waals surface area contributed by atoms with Crippen molar-refractivity contribution in [3.05, 3.63) is 23.8 Å². The van der Waals surface area contributed by atoms with Crippen molar-refractivity contribution < 1.29 is 39.4 Å². The monoisotopic (exact) mass is 356 g/mol. The van der Waals surface area contributed by atoms with Crippen LogP contribution in [0, 0.1) is 0 Å². The Kier molecular flexibility index (Phi) is 6.74. The Morgan fingerprint density at radius 3 is 2.48 bits per heavy atom. The minimum Gasteiger partial charge on any atom is -0.493 e. The van der Waals surface area contributed by atoms with Gasteiger partial charge in [-0.15, -0.1) is 0 Å². The fourth-order valence-electron chi connectivity index (χ4n) is 2.58. The van der Waals surface area contributed by atoms with Crippen LogP contribution >= 0.6 is 0 Å². The van der Waals surface area contributed by atoms with E-state index in [4.69, 9.17) is 14.2 Å². The Labute approximate surface area is 145 Å². The van der Waals surface area contributed by atoms with Crippen LogP contribution in [0.15, 0.2) is 18.2 Å². The second kappa shape index (κ2) is 8.59. The molecule has 140 valence electrons. The Hall–Kier alpha value is -1.71. The summed E-state index contributed by atoms with van der Waals surface area (Å²) in [5, 5.41) is 38.8. The zero-order valence-electron chi connectivity index (χ0n) is 14.2. The highest BCUT2D eigenvalue weighted by Gasteiger charge is 2.44. The van der Waals surface area contributed by atoms with Gasteiger partial charge in [0.15, 0.2) is 11.5 Å². The number of Topliss-reactive ketones (excluding diaryl/α,β-unsaturated/α-hetero) is 1. The maximum atomic E-state index is 11.1. The van der Waals surface area contributed by atoms with Crippen LogP contribution in [0.2, 0.25) is 0 Å². The molecule has 0 spiro atoms. The number of aliphatic hydroxyl groups is 4. The third kappa shape index (κ3) is 4.68. The lowest BCUT2D eigenvalue weighted by Crippen LogP contribution is -2.60. The van der Waals surface area contributed by atoms with Crippen LogP contribution in [0.1, 0.15) is 18.9 Å². The van der Waals surface area contributed by atoms with Crippen LogP contribution < -0.4 is 9.47 Å². The van der Waals surface area contributed by atoms with Gasteiger partial charge in [0.1, 0.15) is 30.2 Å². The smallest absolute Gasteiger partial charge is 0.229 e. The molecule has 0 radical (unpaired) electrons. The van der Waals surface area contributed by atoms with Gasteiger partial charge in [-0.1, -0.05) is 6.07 Å². The molecule has 8 nitrogen and oxygen atoms in total. The van der Waals surface area contributed by atoms with Crippen molar-refractivity contribution in [2.24, 2.45) is 0 Å². The van der Waals surface area contributed by atoms with Crippen molar-refractivity contribution in [2.75, 3.05) is 13.7 Å². The largest absolute Gasteiger partial charge is 0.493 e. The van der Waals surface area contributed by atoms with E-state index >= 15 is 0 Å². The maximum Gasteiger partial charge on any atom is 0.229 e. The maximum absolute atomic E-state index is 11.1. The molecular weight excluding hydrogens is 332 g/mol. The summed E-state index contributed by atoms with van der Waals surface area (Å²) >= 11 is 0. The predicted molar refractivity (Wildman–Crippen MR) is 86.4 cm³/mol. The van der Waals surface area contributed by atoms with Crippen LogP contribution in [-0.4, -0.2) is 70.6 Å². The fourth-order valence-corrected chi connectivity index (χ4v) is 2.58. The van der Waals surface area contributed by atoms with E-state index in [1.165, 1.54) is 14.0 Å². The second-order valence-electron chi connectivity index (χ2n) is 6.00. The van der Waals surface area contributed by atoms with Crippen LogP contribution in [0.3, 0.4) is 0 Å². The number of ether oxygens (including phenoxy) is 3. The molecule has 25 heavy (non-hydrogen) atoms. The molecule has 0 aliphatic carbocycles. The first-order valence-electron chi connectivity index (χ1n) is 8.01. The SMILES string of the molecule is COc1cc(CCC(C)=O)ccc1OC1O[C@H](CO)[C@@H](O)[C@H](O)[C@H]1O. The average Bonchev–Trinajstić information content (AvgIpc) is 2.60. The summed E-state index contributed by atoms with van der Waals surface area (Å²) in [4.78, 5) is 11.1. The highest BCUT2D eigenvalue weighted by molar-refractivity contribution is 5.75. The molecule has 1 aliphatic heterocycles. The number of hydrogen-bond acceptors (Lipinski definition) is 8. The van der Waals surface area contributed by atoms with E-state index in [0.717, 1.165) is 5.56 Å². The average molecular weight is 356 g/mol. The number of rotatable bonds is 7. The minimum absolute atomic E-state index is 0.0839. The lowest BCUT2D eigenvalue weighted by atomic mass is 9.99. The van der Waals surface area contributed by atoms with Crippen molar-refractivity contribution in [1.29, 1.82) is 0 Å². The number of carbonyl (C=O) groups excluding carboxylic acids is 1. The van der Waals surface area contributed by atoms with Crippen molar-refractivity contribution >= 4 is 5.78 Å². The van der Waals surface area contributed by atoms with Gasteiger partial charge in [0.05, 0.1) is 13.7 Å². The van der Waals surface area contributed by atoms with Crippen LogP contribution in [0.5, 0.6) is 11.5 Å². The van der Waals surface area contributed by atoms with E-state index < -0.39 is 37.3 Å². The highest BCUT2D eigenvalue weighted by atomic mass is 16.7. The first-order chi connectivity index (χ1) is 11.9. The molecule has 2 rings (SSSR count). The lowest BCUT2D eigenvalue weighted by Gasteiger charge is -2.39. The molecule has 0 aromatic heterocycles. The van der Waals surface area contributed by atoms with E-state index in [0.29, 0.717) is 18.6 Å². The molecule has 1 fully saturated rings. The first-order valence-corrected chi connectivity index (χ1v) is 8.01. The Morgan fingerprint density at radius 2 is 1.88 bits per heavy atom. The van der Waals surface area contributed by atoms with Gasteiger partial charge in [-0.05, 0) is 31.0 Å². The number of aliphatic hydroxyl groups excluding tert-OH is 4. The number of carbonyl (C=O) groups is 1. The van der Waals surface area contributed by atoms with Gasteiger partial charge < -0.3 is 39.4 Å². The van der Waals surface area contributed by atoms with Crippen molar-refractivity contribution in [3.8, 4) is 11.5 Å². The van der Waals surface area contributed by atoms with Crippen LogP contribution in [0.4, 0.5) is 0 Å². The number of hydrogen-bond donors (Lipinski definition) is 4. The summed E-state index contributed by atoms with van der Waals surface area (Å²) in [5.74, 6) is 0.719. The molecule has 0 amide bonds. The van der Waals surface area contributed by atoms with Gasteiger partial charge in [-0.3, -0.25) is 0 Å². The molecule has 0 saturated carbocycles. The fraction of sp³-hybridized carbons (Fsp3) is 0.588. The normalized spacial score (nSPS) is 29.3. The van der Waals surface area contributed by atoms with Gasteiger partial charge in [0.2, 0.25) is 6.29 Å². The third-order valence-electron chi connectivity index (χ3n) is 4.09. The zero-order valence-corrected chi connectivity index (χ0v) is 14.2. The van der Waals surface area contributed by atoms with E-state index in [1.807, 2.05) is 0 Å². The van der Waals surface area contributed by atoms with Crippen molar-refractivity contribution in [3.63, 3.8) is 0 Å². The van der Waals surface area contributed by atoms with Gasteiger partial charge in [0, 0.05) is 6.42 Å². The molecule has 1 aromatic rings. The lowest BCUT2D eigenvalue weighted by molar-refractivity contribution is -0.277. The molecule has 8 heteroatoms. The quantitative estimate of drug-likeness (QED) is 0.510. The van der Waals surface area contributed by atoms with E-state index in [-0.39, 0.29) is 11.5 Å². The zero-order chi connectivity index (χ0) is 18.6. The number of benzene rings is 1. The highest BCUT2D eigenvalue weighted by Crippen LogP contribution is 2.32. The summed E-state index contributed by atoms with van der Waals surface area (Å²) < 4.78 is 16.1. The standard InChI is InChI=1S/C17H24O8/c1-9(19)3-4-10-5-6-11(12(7-10)23-2)24-17-16(22)15(21)14(20)13(8-18)25-17/h5-7,13-18,20-22H,3-4,8H2,1-2H3/t13-,14-,15+,16-,17?/m1/s1. The molecule has 5 atom stereocenters. The number of methoxy groups -OCH3 is 1. The second-order valence-corrected chi connectivity index (χ2v) is 6.00. The minimum atomic E-state index is -1.52. The Bertz CT molecular complexity index is 588. The summed E-state index contributed by atoms with van der Waals surface area (Å²) in [7, 11) is 1.45. The van der Waals surface area contributed by atoms with Gasteiger partial charge in [0.25, 0.3) is 0 Å². The van der Waals surface area contributed by atoms with E-state index in [2.05, 4.69) is 0 Å². The summed E-state index contributed by atoms with van der Waals surface area (Å²) in [6, 6.07) is 5.07. The summed E-state index contributed by atoms with van der Waals surface area (Å²) in [6.45, 7) is 0.986. The summed E-state index contributed by atoms with van der Waals surface area (Å²) in [5.41, 5.74) is 0.883. The van der Waals surface area contributed by atoms with Crippen molar-refractivity contribution in [2.45, 2.75) is 50.5 Å². The predicted octanol–water partition coefficient (Wildman–Crippen LogP) is -0.605. The molecule has 0 bridgehead atoms. The van der Waals surface area contributed by atoms with Gasteiger partial charge >= 0.3 is 0 Å². The third-order valence-corrected chi connectivity index (χ3v) is 4.09.